The zero-order valence-electron chi connectivity index (χ0n) is 12.2. The topological polar surface area (TPSA) is 49.4 Å². The van der Waals surface area contributed by atoms with Gasteiger partial charge in [0.05, 0.1) is 11.5 Å². The van der Waals surface area contributed by atoms with Crippen LogP contribution in [0.1, 0.15) is 34.1 Å². The minimum atomic E-state index is -2.76. The number of sulfone groups is 1. The Morgan fingerprint density at radius 1 is 1.28 bits per heavy atom. The van der Waals surface area contributed by atoms with Crippen molar-refractivity contribution >= 4 is 9.84 Å². The molecule has 0 aromatic carbocycles. The van der Waals surface area contributed by atoms with Crippen molar-refractivity contribution in [3.63, 3.8) is 0 Å². The van der Waals surface area contributed by atoms with Crippen LogP contribution in [0.5, 0.6) is 0 Å². The Balaban J connectivity index is 2.45. The molecule has 1 unspecified atom stereocenters. The lowest BCUT2D eigenvalue weighted by Gasteiger charge is -2.39. The summed E-state index contributed by atoms with van der Waals surface area (Å²) in [5, 5.41) is 3.53. The van der Waals surface area contributed by atoms with E-state index < -0.39 is 9.84 Å². The molecule has 1 aliphatic heterocycles. The van der Waals surface area contributed by atoms with E-state index in [4.69, 9.17) is 0 Å². The molecule has 4 nitrogen and oxygen atoms in total. The fraction of sp³-hybridized carbons (Fsp3) is 1.00. The van der Waals surface area contributed by atoms with Crippen molar-refractivity contribution in [2.45, 2.75) is 40.2 Å². The van der Waals surface area contributed by atoms with E-state index in [0.717, 1.165) is 19.5 Å². The van der Waals surface area contributed by atoms with E-state index in [2.05, 4.69) is 37.9 Å². The average molecular weight is 276 g/mol. The lowest BCUT2D eigenvalue weighted by atomic mass is 9.84. The zero-order chi connectivity index (χ0) is 13.8. The van der Waals surface area contributed by atoms with Crippen molar-refractivity contribution in [1.82, 2.24) is 10.2 Å². The second-order valence-corrected chi connectivity index (χ2v) is 8.40. The summed E-state index contributed by atoms with van der Waals surface area (Å²) in [4.78, 5) is 2.28. The summed E-state index contributed by atoms with van der Waals surface area (Å²) in [5.74, 6) is 0.639. The highest BCUT2D eigenvalue weighted by Crippen LogP contribution is 2.23. The SMILES string of the molecule is CCCNC(C)C(C)(C)CN1CCS(=O)(=O)CC1. The number of rotatable bonds is 6. The van der Waals surface area contributed by atoms with Gasteiger partial charge in [-0.15, -0.1) is 0 Å². The lowest BCUT2D eigenvalue weighted by Crippen LogP contribution is -2.50. The average Bonchev–Trinajstić information content (AvgIpc) is 2.28. The van der Waals surface area contributed by atoms with Crippen molar-refractivity contribution in [2.75, 3.05) is 37.7 Å². The molecular weight excluding hydrogens is 248 g/mol. The molecule has 1 rings (SSSR count). The van der Waals surface area contributed by atoms with E-state index in [0.29, 0.717) is 30.6 Å². The molecule has 0 aromatic rings. The molecule has 108 valence electrons. The van der Waals surface area contributed by atoms with Gasteiger partial charge < -0.3 is 10.2 Å². The van der Waals surface area contributed by atoms with Gasteiger partial charge in [-0.05, 0) is 25.3 Å². The fourth-order valence-corrected chi connectivity index (χ4v) is 3.54. The number of nitrogens with one attached hydrogen (secondary N) is 1. The van der Waals surface area contributed by atoms with E-state index in [1.54, 1.807) is 0 Å². The minimum Gasteiger partial charge on any atom is -0.314 e. The van der Waals surface area contributed by atoms with Crippen LogP contribution >= 0.6 is 0 Å². The van der Waals surface area contributed by atoms with Crippen LogP contribution in [-0.2, 0) is 9.84 Å². The first-order valence-electron chi connectivity index (χ1n) is 6.93. The van der Waals surface area contributed by atoms with Gasteiger partial charge in [-0.25, -0.2) is 8.42 Å². The molecule has 1 atom stereocenters. The summed E-state index contributed by atoms with van der Waals surface area (Å²) in [6, 6.07) is 0.441. The molecule has 0 bridgehead atoms. The van der Waals surface area contributed by atoms with Crippen molar-refractivity contribution in [3.8, 4) is 0 Å². The molecule has 18 heavy (non-hydrogen) atoms. The van der Waals surface area contributed by atoms with E-state index in [1.165, 1.54) is 0 Å². The molecule has 0 radical (unpaired) electrons. The van der Waals surface area contributed by atoms with Gasteiger partial charge in [0.2, 0.25) is 0 Å². The lowest BCUT2D eigenvalue weighted by molar-refractivity contribution is 0.150. The Bertz CT molecular complexity index is 338. The molecule has 0 amide bonds. The van der Waals surface area contributed by atoms with Crippen molar-refractivity contribution < 1.29 is 8.42 Å². The van der Waals surface area contributed by atoms with Crippen LogP contribution in [0.4, 0.5) is 0 Å². The molecule has 0 aromatic heterocycles. The van der Waals surface area contributed by atoms with Crippen LogP contribution in [0.25, 0.3) is 0 Å². The van der Waals surface area contributed by atoms with Crippen LogP contribution in [0.2, 0.25) is 0 Å². The Labute approximate surface area is 112 Å². The highest BCUT2D eigenvalue weighted by molar-refractivity contribution is 7.91. The van der Waals surface area contributed by atoms with E-state index >= 15 is 0 Å². The molecule has 0 spiro atoms. The van der Waals surface area contributed by atoms with Crippen molar-refractivity contribution in [1.29, 1.82) is 0 Å². The number of nitrogens with zero attached hydrogens (tertiary/aromatic N) is 1. The third-order valence-corrected chi connectivity index (χ3v) is 5.55. The van der Waals surface area contributed by atoms with Gasteiger partial charge in [-0.1, -0.05) is 20.8 Å². The molecule has 1 N–H and O–H groups in total. The van der Waals surface area contributed by atoms with Gasteiger partial charge in [0.15, 0.2) is 9.84 Å². The molecule has 1 heterocycles. The van der Waals surface area contributed by atoms with E-state index in [1.807, 2.05) is 0 Å². The summed E-state index contributed by atoms with van der Waals surface area (Å²) in [5.41, 5.74) is 0.163. The van der Waals surface area contributed by atoms with Gasteiger partial charge in [-0.2, -0.15) is 0 Å². The van der Waals surface area contributed by atoms with Crippen molar-refractivity contribution in [2.24, 2.45) is 5.41 Å². The van der Waals surface area contributed by atoms with Crippen LogP contribution in [-0.4, -0.2) is 57.0 Å². The third-order valence-electron chi connectivity index (χ3n) is 3.94. The van der Waals surface area contributed by atoms with Gasteiger partial charge >= 0.3 is 0 Å². The Kier molecular flexibility index (Phi) is 5.62. The smallest absolute Gasteiger partial charge is 0.152 e. The molecule has 0 saturated carbocycles. The molecule has 1 fully saturated rings. The van der Waals surface area contributed by atoms with E-state index in [-0.39, 0.29) is 5.41 Å². The first-order valence-corrected chi connectivity index (χ1v) is 8.75. The Morgan fingerprint density at radius 3 is 2.33 bits per heavy atom. The van der Waals surface area contributed by atoms with Crippen LogP contribution in [0.15, 0.2) is 0 Å². The van der Waals surface area contributed by atoms with Crippen LogP contribution < -0.4 is 5.32 Å². The van der Waals surface area contributed by atoms with E-state index in [9.17, 15) is 8.42 Å². The summed E-state index contributed by atoms with van der Waals surface area (Å²) < 4.78 is 22.8. The molecule has 0 aliphatic carbocycles. The summed E-state index contributed by atoms with van der Waals surface area (Å²) in [7, 11) is -2.76. The highest BCUT2D eigenvalue weighted by atomic mass is 32.2. The Morgan fingerprint density at radius 2 is 1.83 bits per heavy atom. The van der Waals surface area contributed by atoms with Crippen molar-refractivity contribution in [3.05, 3.63) is 0 Å². The highest BCUT2D eigenvalue weighted by Gasteiger charge is 2.30. The molecule has 5 heteroatoms. The maximum atomic E-state index is 11.4. The van der Waals surface area contributed by atoms with Crippen LogP contribution in [0.3, 0.4) is 0 Å². The maximum Gasteiger partial charge on any atom is 0.152 e. The predicted molar refractivity (Wildman–Crippen MR) is 76.6 cm³/mol. The first kappa shape index (κ1) is 15.9. The number of hydrogen-bond donors (Lipinski definition) is 1. The second-order valence-electron chi connectivity index (χ2n) is 6.09. The van der Waals surface area contributed by atoms with Gasteiger partial charge in [0.1, 0.15) is 0 Å². The maximum absolute atomic E-state index is 11.4. The second kappa shape index (κ2) is 6.35. The summed E-state index contributed by atoms with van der Waals surface area (Å²) in [6.07, 6.45) is 1.14. The fourth-order valence-electron chi connectivity index (χ4n) is 2.26. The number of hydrogen-bond acceptors (Lipinski definition) is 4. The first-order chi connectivity index (χ1) is 8.27. The summed E-state index contributed by atoms with van der Waals surface area (Å²) >= 11 is 0. The largest absolute Gasteiger partial charge is 0.314 e. The van der Waals surface area contributed by atoms with Gasteiger partial charge in [0.25, 0.3) is 0 Å². The minimum absolute atomic E-state index is 0.163. The predicted octanol–water partition coefficient (Wildman–Crippen LogP) is 1.13. The Hall–Kier alpha value is -0.130. The molecular formula is C13H28N2O2S. The normalized spacial score (nSPS) is 22.9. The van der Waals surface area contributed by atoms with Gasteiger partial charge in [-0.3, -0.25) is 0 Å². The molecule has 1 saturated heterocycles. The van der Waals surface area contributed by atoms with Gasteiger partial charge in [0, 0.05) is 25.7 Å². The third kappa shape index (κ3) is 4.86. The molecule has 1 aliphatic rings. The zero-order valence-corrected chi connectivity index (χ0v) is 13.0. The standard InChI is InChI=1S/C13H28N2O2S/c1-5-6-14-12(2)13(3,4)11-15-7-9-18(16,17)10-8-15/h12,14H,5-11H2,1-4H3. The monoisotopic (exact) mass is 276 g/mol. The quantitative estimate of drug-likeness (QED) is 0.790. The summed E-state index contributed by atoms with van der Waals surface area (Å²) in [6.45, 7) is 12.3. The van der Waals surface area contributed by atoms with Crippen LogP contribution in [0, 0.1) is 5.41 Å².